The third-order valence-corrected chi connectivity index (χ3v) is 3.51. The number of aldehydes is 1. The zero-order chi connectivity index (χ0) is 14.5. The van der Waals surface area contributed by atoms with Crippen molar-refractivity contribution in [3.05, 3.63) is 27.7 Å². The van der Waals surface area contributed by atoms with E-state index in [1.165, 1.54) is 0 Å². The van der Waals surface area contributed by atoms with Gasteiger partial charge in [0.15, 0.2) is 6.29 Å². The summed E-state index contributed by atoms with van der Waals surface area (Å²) in [5, 5.41) is 0. The number of carbonyl (C=O) groups is 1. The lowest BCUT2D eigenvalue weighted by molar-refractivity contribution is 0.111. The third kappa shape index (κ3) is 2.91. The van der Waals surface area contributed by atoms with Crippen LogP contribution in [0.1, 0.15) is 16.1 Å². The molecule has 1 aromatic heterocycles. The van der Waals surface area contributed by atoms with Crippen LogP contribution in [0.3, 0.4) is 0 Å². The van der Waals surface area contributed by atoms with E-state index in [1.54, 1.807) is 11.7 Å². The number of methoxy groups -OCH3 is 1. The maximum Gasteiger partial charge on any atom is 0.263 e. The highest BCUT2D eigenvalue weighted by molar-refractivity contribution is 5.84. The molecule has 2 rings (SSSR count). The highest BCUT2D eigenvalue weighted by Gasteiger charge is 2.19. The number of hydrogen-bond donors (Lipinski definition) is 0. The normalized spacial score (nSPS) is 15.4. The Morgan fingerprint density at radius 2 is 2.10 bits per heavy atom. The molecule has 1 fully saturated rings. The van der Waals surface area contributed by atoms with E-state index in [-0.39, 0.29) is 11.1 Å². The number of anilines is 1. The van der Waals surface area contributed by atoms with E-state index >= 15 is 0 Å². The van der Waals surface area contributed by atoms with Gasteiger partial charge in [0.2, 0.25) is 0 Å². The minimum absolute atomic E-state index is 0.216. The zero-order valence-electron chi connectivity index (χ0n) is 11.9. The van der Waals surface area contributed by atoms with Gasteiger partial charge in [-0.15, -0.1) is 0 Å². The molecular weight excluding hydrogens is 260 g/mol. The Morgan fingerprint density at radius 1 is 1.40 bits per heavy atom. The molecule has 0 aromatic carbocycles. The average molecular weight is 280 g/mol. The number of hydrogen-bond acceptors (Lipinski definition) is 5. The molecule has 0 unspecified atom stereocenters. The van der Waals surface area contributed by atoms with Gasteiger partial charge in [-0.3, -0.25) is 9.59 Å². The largest absolute Gasteiger partial charge is 0.383 e. The van der Waals surface area contributed by atoms with E-state index in [9.17, 15) is 9.59 Å². The Bertz CT molecular complexity index is 533. The first-order valence-electron chi connectivity index (χ1n) is 6.70. The highest BCUT2D eigenvalue weighted by atomic mass is 16.5. The molecule has 0 N–H and O–H groups in total. The topological polar surface area (TPSA) is 60.8 Å². The molecule has 0 bridgehead atoms. The summed E-state index contributed by atoms with van der Waals surface area (Å²) in [5.74, 6) is 0. The molecule has 0 radical (unpaired) electrons. The van der Waals surface area contributed by atoms with Gasteiger partial charge in [0.1, 0.15) is 5.56 Å². The molecule has 0 atom stereocenters. The molecule has 1 aliphatic heterocycles. The SMILES string of the molecule is COCCn1c(C)cc(N2CCOCC2)c(C=O)c1=O. The van der Waals surface area contributed by atoms with Gasteiger partial charge in [-0.25, -0.2) is 0 Å². The summed E-state index contributed by atoms with van der Waals surface area (Å²) < 4.78 is 11.9. The van der Waals surface area contributed by atoms with Crippen LogP contribution in [-0.2, 0) is 16.0 Å². The van der Waals surface area contributed by atoms with E-state index in [4.69, 9.17) is 9.47 Å². The van der Waals surface area contributed by atoms with Crippen LogP contribution in [-0.4, -0.2) is 50.9 Å². The average Bonchev–Trinajstić information content (AvgIpc) is 2.47. The second-order valence-electron chi connectivity index (χ2n) is 4.75. The molecule has 6 nitrogen and oxygen atoms in total. The number of ether oxygens (including phenoxy) is 2. The van der Waals surface area contributed by atoms with E-state index in [1.807, 2.05) is 17.9 Å². The second kappa shape index (κ2) is 6.67. The van der Waals surface area contributed by atoms with Crippen LogP contribution < -0.4 is 10.5 Å². The smallest absolute Gasteiger partial charge is 0.263 e. The molecule has 1 aromatic rings. The van der Waals surface area contributed by atoms with Crippen LogP contribution in [0.5, 0.6) is 0 Å². The Hall–Kier alpha value is -1.66. The molecule has 6 heteroatoms. The van der Waals surface area contributed by atoms with Crippen molar-refractivity contribution in [3.63, 3.8) is 0 Å². The minimum atomic E-state index is -0.251. The fourth-order valence-corrected chi connectivity index (χ4v) is 2.41. The molecular formula is C14H20N2O4. The predicted octanol–water partition coefficient (Wildman–Crippen LogP) is 0.452. The Labute approximate surface area is 117 Å². The highest BCUT2D eigenvalue weighted by Crippen LogP contribution is 2.19. The lowest BCUT2D eigenvalue weighted by Gasteiger charge is -2.30. The van der Waals surface area contributed by atoms with E-state index in [0.29, 0.717) is 51.4 Å². The number of rotatable bonds is 5. The monoisotopic (exact) mass is 280 g/mol. The summed E-state index contributed by atoms with van der Waals surface area (Å²) >= 11 is 0. The number of aromatic nitrogens is 1. The first-order chi connectivity index (χ1) is 9.69. The van der Waals surface area contributed by atoms with Gasteiger partial charge in [-0.1, -0.05) is 0 Å². The van der Waals surface area contributed by atoms with Crippen LogP contribution in [0.15, 0.2) is 10.9 Å². The number of carbonyl (C=O) groups excluding carboxylic acids is 1. The summed E-state index contributed by atoms with van der Waals surface area (Å²) in [6, 6.07) is 1.89. The Balaban J connectivity index is 2.42. The van der Waals surface area contributed by atoms with Gasteiger partial charge >= 0.3 is 0 Å². The summed E-state index contributed by atoms with van der Waals surface area (Å²) in [4.78, 5) is 25.8. The molecule has 0 spiro atoms. The van der Waals surface area contributed by atoms with Crippen LogP contribution >= 0.6 is 0 Å². The quantitative estimate of drug-likeness (QED) is 0.733. The standard InChI is InChI=1S/C14H20N2O4/c1-11-9-13(15-3-7-20-8-4-15)12(10-17)14(18)16(11)5-6-19-2/h9-10H,3-8H2,1-2H3. The lowest BCUT2D eigenvalue weighted by Crippen LogP contribution is -2.39. The lowest BCUT2D eigenvalue weighted by atomic mass is 10.1. The van der Waals surface area contributed by atoms with Crippen LogP contribution in [0.4, 0.5) is 5.69 Å². The predicted molar refractivity (Wildman–Crippen MR) is 75.7 cm³/mol. The van der Waals surface area contributed by atoms with Crippen LogP contribution in [0.25, 0.3) is 0 Å². The van der Waals surface area contributed by atoms with Gasteiger partial charge < -0.3 is 18.9 Å². The second-order valence-corrected chi connectivity index (χ2v) is 4.75. The first-order valence-corrected chi connectivity index (χ1v) is 6.70. The summed E-state index contributed by atoms with van der Waals surface area (Å²) in [7, 11) is 1.59. The van der Waals surface area contributed by atoms with Gasteiger partial charge in [0.25, 0.3) is 5.56 Å². The van der Waals surface area contributed by atoms with E-state index < -0.39 is 0 Å². The van der Waals surface area contributed by atoms with Crippen molar-refractivity contribution >= 4 is 12.0 Å². The van der Waals surface area contributed by atoms with Crippen molar-refractivity contribution in [1.29, 1.82) is 0 Å². The van der Waals surface area contributed by atoms with Crippen LogP contribution in [0, 0.1) is 6.92 Å². The Morgan fingerprint density at radius 3 is 2.70 bits per heavy atom. The molecule has 0 saturated carbocycles. The van der Waals surface area contributed by atoms with Crippen molar-refractivity contribution in [2.75, 3.05) is 44.9 Å². The zero-order valence-corrected chi connectivity index (χ0v) is 11.9. The molecule has 0 amide bonds. The van der Waals surface area contributed by atoms with Crippen molar-refractivity contribution in [1.82, 2.24) is 4.57 Å². The van der Waals surface area contributed by atoms with Gasteiger partial charge in [-0.2, -0.15) is 0 Å². The Kier molecular flexibility index (Phi) is 4.92. The van der Waals surface area contributed by atoms with E-state index in [2.05, 4.69) is 0 Å². The number of morpholine rings is 1. The summed E-state index contributed by atoms with van der Waals surface area (Å²) in [6.07, 6.45) is 0.649. The fraction of sp³-hybridized carbons (Fsp3) is 0.571. The van der Waals surface area contributed by atoms with Gasteiger partial charge in [-0.05, 0) is 13.0 Å². The summed E-state index contributed by atoms with van der Waals surface area (Å²) in [6.45, 7) is 5.38. The first kappa shape index (κ1) is 14.7. The molecule has 0 aliphatic carbocycles. The van der Waals surface area contributed by atoms with Crippen molar-refractivity contribution < 1.29 is 14.3 Å². The van der Waals surface area contributed by atoms with Crippen LogP contribution in [0.2, 0.25) is 0 Å². The molecule has 20 heavy (non-hydrogen) atoms. The van der Waals surface area contributed by atoms with Gasteiger partial charge in [0.05, 0.1) is 25.5 Å². The minimum Gasteiger partial charge on any atom is -0.383 e. The van der Waals surface area contributed by atoms with Crippen molar-refractivity contribution in [3.8, 4) is 0 Å². The molecule has 2 heterocycles. The molecule has 1 aliphatic rings. The maximum atomic E-state index is 12.4. The number of pyridine rings is 1. The van der Waals surface area contributed by atoms with Gasteiger partial charge in [0, 0.05) is 32.4 Å². The van der Waals surface area contributed by atoms with Crippen molar-refractivity contribution in [2.24, 2.45) is 0 Å². The number of aryl methyl sites for hydroxylation is 1. The third-order valence-electron chi connectivity index (χ3n) is 3.51. The van der Waals surface area contributed by atoms with E-state index in [0.717, 1.165) is 5.69 Å². The summed E-state index contributed by atoms with van der Waals surface area (Å²) in [5.41, 5.74) is 1.51. The van der Waals surface area contributed by atoms with Crippen molar-refractivity contribution in [2.45, 2.75) is 13.5 Å². The maximum absolute atomic E-state index is 12.4. The molecule has 1 saturated heterocycles. The number of nitrogens with zero attached hydrogens (tertiary/aromatic N) is 2. The fourth-order valence-electron chi connectivity index (χ4n) is 2.41. The molecule has 110 valence electrons.